The van der Waals surface area contributed by atoms with E-state index in [1.165, 1.54) is 5.56 Å². The minimum atomic E-state index is -0.153. The Kier molecular flexibility index (Phi) is 3.57. The number of rotatable bonds is 2. The van der Waals surface area contributed by atoms with Gasteiger partial charge in [0.25, 0.3) is 11.9 Å². The molecule has 0 radical (unpaired) electrons. The van der Waals surface area contributed by atoms with Crippen molar-refractivity contribution in [1.82, 2.24) is 44.7 Å². The Morgan fingerprint density at radius 2 is 2.30 bits per heavy atom. The fourth-order valence-electron chi connectivity index (χ4n) is 3.56. The van der Waals surface area contributed by atoms with E-state index in [1.807, 2.05) is 28.7 Å². The van der Waals surface area contributed by atoms with Crippen molar-refractivity contribution in [2.75, 3.05) is 6.54 Å². The number of carbonyl (C=O) groups excluding carboxylic acids is 1. The second-order valence-electron chi connectivity index (χ2n) is 6.34. The van der Waals surface area contributed by atoms with Crippen molar-refractivity contribution in [2.24, 2.45) is 0 Å². The topological polar surface area (TPSA) is 110 Å². The lowest BCUT2D eigenvalue weighted by molar-refractivity contribution is 0.0665. The van der Waals surface area contributed by atoms with Crippen molar-refractivity contribution in [3.63, 3.8) is 0 Å². The van der Waals surface area contributed by atoms with Crippen LogP contribution in [0.25, 0.3) is 11.6 Å². The fraction of sp³-hybridized carbons (Fsp3) is 0.250. The van der Waals surface area contributed by atoms with Crippen LogP contribution in [0.4, 0.5) is 0 Å². The van der Waals surface area contributed by atoms with Gasteiger partial charge in [-0.05, 0) is 46.1 Å². The average Bonchev–Trinajstić information content (AvgIpc) is 3.39. The van der Waals surface area contributed by atoms with E-state index in [0.29, 0.717) is 23.8 Å². The first-order chi connectivity index (χ1) is 13.1. The third kappa shape index (κ3) is 2.53. The predicted molar refractivity (Wildman–Crippen MR) is 97.3 cm³/mol. The first-order valence-corrected chi connectivity index (χ1v) is 9.17. The lowest BCUT2D eigenvalue weighted by Gasteiger charge is -2.34. The Balaban J connectivity index is 1.51. The van der Waals surface area contributed by atoms with Gasteiger partial charge in [0, 0.05) is 31.2 Å². The molecule has 0 aromatic carbocycles. The lowest BCUT2D eigenvalue weighted by atomic mass is 10.0. The molecule has 27 heavy (non-hydrogen) atoms. The first-order valence-electron chi connectivity index (χ1n) is 8.37. The van der Waals surface area contributed by atoms with Crippen LogP contribution in [0.5, 0.6) is 0 Å². The number of aromatic amines is 1. The molecule has 5 rings (SSSR count). The van der Waals surface area contributed by atoms with E-state index in [9.17, 15) is 4.79 Å². The van der Waals surface area contributed by atoms with Gasteiger partial charge >= 0.3 is 0 Å². The molecule has 0 fully saturated rings. The van der Waals surface area contributed by atoms with Gasteiger partial charge < -0.3 is 4.90 Å². The monoisotopic (exact) mass is 427 g/mol. The molecular formula is C16H14BrN9O. The normalized spacial score (nSPS) is 16.7. The number of nitrogens with zero attached hydrogens (tertiary/aromatic N) is 8. The minimum absolute atomic E-state index is 0.129. The Bertz CT molecular complexity index is 1150. The minimum Gasteiger partial charge on any atom is -0.329 e. The highest BCUT2D eigenvalue weighted by Crippen LogP contribution is 2.32. The van der Waals surface area contributed by atoms with Gasteiger partial charge in [-0.2, -0.15) is 10.3 Å². The maximum absolute atomic E-state index is 13.1. The van der Waals surface area contributed by atoms with Gasteiger partial charge in [0.1, 0.15) is 0 Å². The van der Waals surface area contributed by atoms with E-state index < -0.39 is 0 Å². The average molecular weight is 428 g/mol. The van der Waals surface area contributed by atoms with E-state index in [4.69, 9.17) is 0 Å². The molecular weight excluding hydrogens is 414 g/mol. The van der Waals surface area contributed by atoms with Gasteiger partial charge in [0.05, 0.1) is 16.2 Å². The third-order valence-electron chi connectivity index (χ3n) is 4.81. The van der Waals surface area contributed by atoms with E-state index >= 15 is 0 Å². The molecule has 136 valence electrons. The zero-order chi connectivity index (χ0) is 18.5. The van der Waals surface area contributed by atoms with Crippen LogP contribution < -0.4 is 0 Å². The Morgan fingerprint density at radius 1 is 1.41 bits per heavy atom. The van der Waals surface area contributed by atoms with Crippen LogP contribution in [0, 0.1) is 0 Å². The molecule has 1 aliphatic heterocycles. The van der Waals surface area contributed by atoms with Gasteiger partial charge in [-0.3, -0.25) is 9.36 Å². The summed E-state index contributed by atoms with van der Waals surface area (Å²) in [6.45, 7) is 2.62. The zero-order valence-electron chi connectivity index (χ0n) is 14.2. The Labute approximate surface area is 161 Å². The smallest absolute Gasteiger partial charge is 0.275 e. The molecule has 4 aromatic rings. The van der Waals surface area contributed by atoms with Gasteiger partial charge in [0.15, 0.2) is 11.3 Å². The number of carbonyl (C=O) groups is 1. The van der Waals surface area contributed by atoms with Crippen molar-refractivity contribution in [2.45, 2.75) is 19.4 Å². The summed E-state index contributed by atoms with van der Waals surface area (Å²) >= 11 is 3.36. The predicted octanol–water partition coefficient (Wildman–Crippen LogP) is 1.56. The van der Waals surface area contributed by atoms with Crippen LogP contribution in [-0.4, -0.2) is 57.1 Å². The van der Waals surface area contributed by atoms with E-state index in [0.717, 1.165) is 16.6 Å². The summed E-state index contributed by atoms with van der Waals surface area (Å²) in [5, 5.41) is 18.6. The standard InChI is InChI=1S/C16H14BrN9O/c1-9-14-10(3-5-25(14)16-19-22-23-20-16)2-4-24(9)15(27)12-6-13-18-7-11(17)8-26(13)21-12/h3,5-9H,2,4H2,1H3,(H,19,20,22,23). The highest BCUT2D eigenvalue weighted by Gasteiger charge is 2.32. The molecule has 1 N–H and O–H groups in total. The maximum Gasteiger partial charge on any atom is 0.275 e. The number of H-pyrrole nitrogens is 1. The molecule has 0 saturated heterocycles. The number of hydrogen-bond donors (Lipinski definition) is 1. The van der Waals surface area contributed by atoms with Crippen molar-refractivity contribution in [1.29, 1.82) is 0 Å². The Morgan fingerprint density at radius 3 is 3.11 bits per heavy atom. The second-order valence-corrected chi connectivity index (χ2v) is 7.25. The highest BCUT2D eigenvalue weighted by molar-refractivity contribution is 9.10. The second kappa shape index (κ2) is 5.98. The van der Waals surface area contributed by atoms with Crippen molar-refractivity contribution >= 4 is 27.5 Å². The molecule has 1 unspecified atom stereocenters. The largest absolute Gasteiger partial charge is 0.329 e. The van der Waals surface area contributed by atoms with Crippen LogP contribution in [-0.2, 0) is 6.42 Å². The van der Waals surface area contributed by atoms with Crippen LogP contribution in [0.2, 0.25) is 0 Å². The summed E-state index contributed by atoms with van der Waals surface area (Å²) in [7, 11) is 0. The van der Waals surface area contributed by atoms with Crippen molar-refractivity contribution in [3.8, 4) is 5.95 Å². The number of halogens is 1. The zero-order valence-corrected chi connectivity index (χ0v) is 15.8. The van der Waals surface area contributed by atoms with Crippen LogP contribution in [0.3, 0.4) is 0 Å². The quantitative estimate of drug-likeness (QED) is 0.519. The molecule has 0 bridgehead atoms. The third-order valence-corrected chi connectivity index (χ3v) is 5.22. The van der Waals surface area contributed by atoms with Crippen molar-refractivity contribution in [3.05, 3.63) is 52.1 Å². The molecule has 4 aromatic heterocycles. The summed E-state index contributed by atoms with van der Waals surface area (Å²) in [5.41, 5.74) is 3.16. The van der Waals surface area contributed by atoms with Gasteiger partial charge in [-0.1, -0.05) is 5.10 Å². The number of nitrogens with one attached hydrogen (secondary N) is 1. The van der Waals surface area contributed by atoms with E-state index in [1.54, 1.807) is 23.0 Å². The summed E-state index contributed by atoms with van der Waals surface area (Å²) in [6, 6.07) is 3.59. The van der Waals surface area contributed by atoms with Crippen LogP contribution in [0.1, 0.15) is 34.7 Å². The molecule has 0 aliphatic carbocycles. The summed E-state index contributed by atoms with van der Waals surface area (Å²) in [5.74, 6) is 0.329. The molecule has 0 spiro atoms. The number of hydrogen-bond acceptors (Lipinski definition) is 6. The molecule has 11 heteroatoms. The SMILES string of the molecule is CC1c2c(ccn2-c2nn[nH]n2)CCN1C(=O)c1cc2ncc(Br)cn2n1. The molecule has 1 atom stereocenters. The Hall–Kier alpha value is -3.08. The summed E-state index contributed by atoms with van der Waals surface area (Å²) < 4.78 is 4.26. The van der Waals surface area contributed by atoms with Gasteiger partial charge in [-0.25, -0.2) is 9.50 Å². The van der Waals surface area contributed by atoms with E-state index in [-0.39, 0.29) is 11.9 Å². The van der Waals surface area contributed by atoms with E-state index in [2.05, 4.69) is 46.6 Å². The van der Waals surface area contributed by atoms with Crippen LogP contribution >= 0.6 is 15.9 Å². The highest BCUT2D eigenvalue weighted by atomic mass is 79.9. The van der Waals surface area contributed by atoms with Gasteiger partial charge in [0.2, 0.25) is 0 Å². The number of tetrazole rings is 1. The molecule has 5 heterocycles. The molecule has 0 saturated carbocycles. The van der Waals surface area contributed by atoms with Crippen LogP contribution in [0.15, 0.2) is 35.2 Å². The number of amides is 1. The van der Waals surface area contributed by atoms with Gasteiger partial charge in [-0.15, -0.1) is 5.10 Å². The summed E-state index contributed by atoms with van der Waals surface area (Å²) in [4.78, 5) is 19.2. The fourth-order valence-corrected chi connectivity index (χ4v) is 3.86. The first kappa shape index (κ1) is 16.1. The number of aromatic nitrogens is 8. The molecule has 10 nitrogen and oxygen atoms in total. The molecule has 1 aliphatic rings. The lowest BCUT2D eigenvalue weighted by Crippen LogP contribution is -2.39. The maximum atomic E-state index is 13.1. The van der Waals surface area contributed by atoms with Crippen molar-refractivity contribution < 1.29 is 4.79 Å². The molecule has 1 amide bonds. The summed E-state index contributed by atoms with van der Waals surface area (Å²) in [6.07, 6.45) is 6.12. The number of fused-ring (bicyclic) bond motifs is 2.